The van der Waals surface area contributed by atoms with Crippen LogP contribution in [0.15, 0.2) is 64.5 Å². The molecule has 0 aliphatic rings. The van der Waals surface area contributed by atoms with Crippen LogP contribution in [-0.2, 0) is 0 Å². The number of aromatic nitrogens is 2. The van der Waals surface area contributed by atoms with Gasteiger partial charge in [-0.2, -0.15) is 5.10 Å². The van der Waals surface area contributed by atoms with Gasteiger partial charge < -0.3 is 4.98 Å². The molecule has 1 aromatic heterocycles. The molecule has 0 spiro atoms. The fourth-order valence-corrected chi connectivity index (χ4v) is 1.99. The molecule has 3 rings (SSSR count). The van der Waals surface area contributed by atoms with Crippen LogP contribution in [0.25, 0.3) is 11.0 Å². The predicted octanol–water partition coefficient (Wildman–Crippen LogP) is 2.76. The molecular formula is C16H14N4O. The summed E-state index contributed by atoms with van der Waals surface area (Å²) in [7, 11) is 0. The van der Waals surface area contributed by atoms with E-state index in [0.29, 0.717) is 11.0 Å². The number of nitrogens with one attached hydrogen (secondary N) is 2. The second-order valence-electron chi connectivity index (χ2n) is 4.61. The Morgan fingerprint density at radius 2 is 1.81 bits per heavy atom. The molecule has 0 bridgehead atoms. The zero-order valence-electron chi connectivity index (χ0n) is 11.5. The molecular weight excluding hydrogens is 264 g/mol. The van der Waals surface area contributed by atoms with E-state index in [2.05, 4.69) is 20.5 Å². The smallest absolute Gasteiger partial charge is 0.293 e. The monoisotopic (exact) mass is 278 g/mol. The SMILES string of the molecule is C/C(=N/Nc1nc2ccccc2[nH]c1=O)c1ccccc1. The molecule has 0 fully saturated rings. The fourth-order valence-electron chi connectivity index (χ4n) is 1.99. The Labute approximate surface area is 121 Å². The lowest BCUT2D eigenvalue weighted by atomic mass is 10.1. The van der Waals surface area contributed by atoms with Gasteiger partial charge in [0.05, 0.1) is 16.7 Å². The Morgan fingerprint density at radius 1 is 1.10 bits per heavy atom. The van der Waals surface area contributed by atoms with Gasteiger partial charge in [0, 0.05) is 0 Å². The molecule has 0 amide bonds. The van der Waals surface area contributed by atoms with E-state index in [0.717, 1.165) is 11.3 Å². The Kier molecular flexibility index (Phi) is 3.47. The van der Waals surface area contributed by atoms with E-state index in [4.69, 9.17) is 0 Å². The molecule has 0 aliphatic heterocycles. The van der Waals surface area contributed by atoms with E-state index in [1.165, 1.54) is 0 Å². The first-order valence-electron chi connectivity index (χ1n) is 6.59. The van der Waals surface area contributed by atoms with E-state index in [-0.39, 0.29) is 11.4 Å². The maximum absolute atomic E-state index is 11.9. The molecule has 0 atom stereocenters. The summed E-state index contributed by atoms with van der Waals surface area (Å²) in [4.78, 5) is 19.0. The maximum atomic E-state index is 11.9. The highest BCUT2D eigenvalue weighted by Crippen LogP contribution is 2.08. The van der Waals surface area contributed by atoms with Gasteiger partial charge in [-0.25, -0.2) is 4.98 Å². The van der Waals surface area contributed by atoms with Gasteiger partial charge in [-0.1, -0.05) is 42.5 Å². The van der Waals surface area contributed by atoms with Crippen molar-refractivity contribution >= 4 is 22.6 Å². The normalized spacial score (nSPS) is 11.6. The highest BCUT2D eigenvalue weighted by atomic mass is 16.1. The van der Waals surface area contributed by atoms with E-state index < -0.39 is 0 Å². The Morgan fingerprint density at radius 3 is 2.62 bits per heavy atom. The third kappa shape index (κ3) is 2.81. The van der Waals surface area contributed by atoms with Crippen LogP contribution in [0.4, 0.5) is 5.82 Å². The summed E-state index contributed by atoms with van der Waals surface area (Å²) in [5.41, 5.74) is 5.63. The first kappa shape index (κ1) is 13.1. The van der Waals surface area contributed by atoms with E-state index >= 15 is 0 Å². The number of H-pyrrole nitrogens is 1. The average Bonchev–Trinajstić information content (AvgIpc) is 2.53. The van der Waals surface area contributed by atoms with Crippen molar-refractivity contribution in [3.05, 3.63) is 70.5 Å². The molecule has 3 aromatic rings. The zero-order chi connectivity index (χ0) is 14.7. The minimum absolute atomic E-state index is 0.184. The third-order valence-electron chi connectivity index (χ3n) is 3.12. The summed E-state index contributed by atoms with van der Waals surface area (Å²) in [5, 5.41) is 4.22. The first-order valence-corrected chi connectivity index (χ1v) is 6.59. The molecule has 5 nitrogen and oxygen atoms in total. The van der Waals surface area contributed by atoms with Crippen LogP contribution in [0.5, 0.6) is 0 Å². The van der Waals surface area contributed by atoms with E-state index in [9.17, 15) is 4.79 Å². The van der Waals surface area contributed by atoms with Crippen LogP contribution in [0, 0.1) is 0 Å². The van der Waals surface area contributed by atoms with Crippen LogP contribution >= 0.6 is 0 Å². The van der Waals surface area contributed by atoms with Gasteiger partial charge in [-0.15, -0.1) is 0 Å². The van der Waals surface area contributed by atoms with Crippen LogP contribution < -0.4 is 11.0 Å². The van der Waals surface area contributed by atoms with Crippen LogP contribution in [0.2, 0.25) is 0 Å². The molecule has 5 heteroatoms. The lowest BCUT2D eigenvalue weighted by Gasteiger charge is -2.03. The van der Waals surface area contributed by atoms with E-state index in [1.807, 2.05) is 61.5 Å². The van der Waals surface area contributed by atoms with Crippen molar-refractivity contribution in [3.8, 4) is 0 Å². The molecule has 0 saturated carbocycles. The van der Waals surface area contributed by atoms with Gasteiger partial charge in [0.25, 0.3) is 5.56 Å². The number of rotatable bonds is 3. The third-order valence-corrected chi connectivity index (χ3v) is 3.12. The summed E-state index contributed by atoms with van der Waals surface area (Å²) >= 11 is 0. The van der Waals surface area contributed by atoms with Gasteiger partial charge >= 0.3 is 0 Å². The quantitative estimate of drug-likeness (QED) is 0.571. The summed E-state index contributed by atoms with van der Waals surface area (Å²) in [5.74, 6) is 0.184. The van der Waals surface area contributed by atoms with Gasteiger partial charge in [0.15, 0.2) is 0 Å². The molecule has 0 unspecified atom stereocenters. The second-order valence-corrected chi connectivity index (χ2v) is 4.61. The summed E-state index contributed by atoms with van der Waals surface area (Å²) in [6.45, 7) is 1.87. The zero-order valence-corrected chi connectivity index (χ0v) is 11.5. The van der Waals surface area contributed by atoms with Gasteiger partial charge in [-0.3, -0.25) is 10.2 Å². The fraction of sp³-hybridized carbons (Fsp3) is 0.0625. The topological polar surface area (TPSA) is 70.1 Å². The molecule has 2 aromatic carbocycles. The molecule has 0 saturated heterocycles. The molecule has 2 N–H and O–H groups in total. The number of anilines is 1. The van der Waals surface area contributed by atoms with Crippen molar-refractivity contribution in [2.24, 2.45) is 5.10 Å². The summed E-state index contributed by atoms with van der Waals surface area (Å²) in [6.07, 6.45) is 0. The van der Waals surface area contributed by atoms with Crippen molar-refractivity contribution in [1.82, 2.24) is 9.97 Å². The Hall–Kier alpha value is -2.95. The lowest BCUT2D eigenvalue weighted by Crippen LogP contribution is -2.14. The first-order chi connectivity index (χ1) is 10.2. The molecule has 104 valence electrons. The molecule has 0 radical (unpaired) electrons. The van der Waals surface area contributed by atoms with Crippen molar-refractivity contribution in [3.63, 3.8) is 0 Å². The number of hydrogen-bond donors (Lipinski definition) is 2. The molecule has 21 heavy (non-hydrogen) atoms. The number of aromatic amines is 1. The number of nitrogens with zero attached hydrogens (tertiary/aromatic N) is 2. The molecule has 0 aliphatic carbocycles. The second kappa shape index (κ2) is 5.58. The van der Waals surface area contributed by atoms with Gasteiger partial charge in [0.2, 0.25) is 5.82 Å². The largest absolute Gasteiger partial charge is 0.317 e. The number of benzene rings is 2. The Bertz CT molecular complexity index is 853. The number of hydrogen-bond acceptors (Lipinski definition) is 4. The van der Waals surface area contributed by atoms with E-state index in [1.54, 1.807) is 0 Å². The highest BCUT2D eigenvalue weighted by Gasteiger charge is 2.03. The predicted molar refractivity (Wildman–Crippen MR) is 84.6 cm³/mol. The van der Waals surface area contributed by atoms with Crippen molar-refractivity contribution in [1.29, 1.82) is 0 Å². The average molecular weight is 278 g/mol. The lowest BCUT2D eigenvalue weighted by molar-refractivity contribution is 1.16. The summed E-state index contributed by atoms with van der Waals surface area (Å²) in [6, 6.07) is 17.1. The van der Waals surface area contributed by atoms with Gasteiger partial charge in [0.1, 0.15) is 0 Å². The van der Waals surface area contributed by atoms with Crippen molar-refractivity contribution in [2.45, 2.75) is 6.92 Å². The molecule has 1 heterocycles. The summed E-state index contributed by atoms with van der Waals surface area (Å²) < 4.78 is 0. The number of hydrazone groups is 1. The Balaban J connectivity index is 1.92. The maximum Gasteiger partial charge on any atom is 0.293 e. The van der Waals surface area contributed by atoms with Crippen LogP contribution in [-0.4, -0.2) is 15.7 Å². The van der Waals surface area contributed by atoms with Crippen molar-refractivity contribution < 1.29 is 0 Å². The number of fused-ring (bicyclic) bond motifs is 1. The standard InChI is InChI=1S/C16H14N4O/c1-11(12-7-3-2-4-8-12)19-20-15-16(21)18-14-10-6-5-9-13(14)17-15/h2-10H,1H3,(H,17,20)(H,18,21)/b19-11-. The van der Waals surface area contributed by atoms with Gasteiger partial charge in [-0.05, 0) is 24.6 Å². The van der Waals surface area contributed by atoms with Crippen molar-refractivity contribution in [2.75, 3.05) is 5.43 Å². The van der Waals surface area contributed by atoms with Crippen LogP contribution in [0.1, 0.15) is 12.5 Å². The minimum atomic E-state index is -0.293. The minimum Gasteiger partial charge on any atom is -0.317 e. The number of para-hydroxylation sites is 2. The highest BCUT2D eigenvalue weighted by molar-refractivity contribution is 5.99. The van der Waals surface area contributed by atoms with Crippen LogP contribution in [0.3, 0.4) is 0 Å².